The summed E-state index contributed by atoms with van der Waals surface area (Å²) in [5.41, 5.74) is 0.952. The zero-order chi connectivity index (χ0) is 21.2. The lowest BCUT2D eigenvalue weighted by molar-refractivity contribution is -0.143. The average molecular weight is 417 g/mol. The first-order chi connectivity index (χ1) is 14.0. The number of hydrogen-bond acceptors (Lipinski definition) is 3. The number of halogens is 1. The van der Waals surface area contributed by atoms with Gasteiger partial charge in [-0.1, -0.05) is 67.9 Å². The highest BCUT2D eigenvalue weighted by molar-refractivity contribution is 6.32. The lowest BCUT2D eigenvalue weighted by Gasteiger charge is -2.31. The molecule has 0 heterocycles. The highest BCUT2D eigenvalue weighted by atomic mass is 35.5. The van der Waals surface area contributed by atoms with Crippen molar-refractivity contribution in [1.29, 1.82) is 0 Å². The summed E-state index contributed by atoms with van der Waals surface area (Å²) >= 11 is 6.12. The van der Waals surface area contributed by atoms with Crippen LogP contribution in [0.4, 0.5) is 0 Å². The molecule has 2 rings (SSSR count). The second-order valence-corrected chi connectivity index (χ2v) is 7.38. The molecule has 0 aliphatic carbocycles. The second kappa shape index (κ2) is 11.5. The molecule has 0 unspecified atom stereocenters. The smallest absolute Gasteiger partial charge is 0.261 e. The number of ether oxygens (including phenoxy) is 1. The molecule has 0 aliphatic heterocycles. The quantitative estimate of drug-likeness (QED) is 0.622. The number of carbonyl (C=O) groups excluding carboxylic acids is 2. The minimum atomic E-state index is -0.577. The summed E-state index contributed by atoms with van der Waals surface area (Å²) < 4.78 is 5.64. The Hall–Kier alpha value is -2.53. The molecule has 29 heavy (non-hydrogen) atoms. The molecule has 2 atom stereocenters. The van der Waals surface area contributed by atoms with E-state index in [1.165, 1.54) is 0 Å². The van der Waals surface area contributed by atoms with Crippen LogP contribution in [0.5, 0.6) is 5.75 Å². The molecule has 0 bridgehead atoms. The van der Waals surface area contributed by atoms with E-state index in [2.05, 4.69) is 5.32 Å². The minimum absolute atomic E-state index is 0.0459. The van der Waals surface area contributed by atoms with Crippen LogP contribution in [0.15, 0.2) is 54.6 Å². The Bertz CT molecular complexity index is 798. The zero-order valence-electron chi connectivity index (χ0n) is 17.2. The van der Waals surface area contributed by atoms with Gasteiger partial charge in [0.25, 0.3) is 5.91 Å². The Kier molecular flexibility index (Phi) is 9.00. The average Bonchev–Trinajstić information content (AvgIpc) is 2.73. The largest absolute Gasteiger partial charge is 0.482 e. The van der Waals surface area contributed by atoms with Crippen LogP contribution in [0.3, 0.4) is 0 Å². The molecule has 0 saturated heterocycles. The van der Waals surface area contributed by atoms with E-state index in [9.17, 15) is 9.59 Å². The molecule has 2 aromatic carbocycles. The van der Waals surface area contributed by atoms with Crippen molar-refractivity contribution in [3.05, 3.63) is 65.2 Å². The number of carbonyl (C=O) groups is 2. The van der Waals surface area contributed by atoms with Crippen molar-refractivity contribution in [3.63, 3.8) is 0 Å². The molecule has 2 amide bonds. The van der Waals surface area contributed by atoms with E-state index in [0.29, 0.717) is 23.7 Å². The van der Waals surface area contributed by atoms with Gasteiger partial charge in [-0.2, -0.15) is 0 Å². The SMILES string of the molecule is CC[C@@H](C)NC(=O)[C@@H](CC)N(Cc1ccccc1)C(=O)COc1ccccc1Cl. The lowest BCUT2D eigenvalue weighted by atomic mass is 10.1. The molecule has 1 N–H and O–H groups in total. The number of amides is 2. The Balaban J connectivity index is 2.19. The van der Waals surface area contributed by atoms with Crippen LogP contribution in [-0.2, 0) is 16.1 Å². The predicted octanol–water partition coefficient (Wildman–Crippen LogP) is 4.44. The van der Waals surface area contributed by atoms with Gasteiger partial charge < -0.3 is 15.0 Å². The Labute approximate surface area is 178 Å². The molecule has 0 aromatic heterocycles. The lowest BCUT2D eigenvalue weighted by Crippen LogP contribution is -2.51. The van der Waals surface area contributed by atoms with Crippen molar-refractivity contribution in [1.82, 2.24) is 10.2 Å². The van der Waals surface area contributed by atoms with Crippen molar-refractivity contribution in [2.45, 2.75) is 52.2 Å². The van der Waals surface area contributed by atoms with E-state index in [4.69, 9.17) is 16.3 Å². The summed E-state index contributed by atoms with van der Waals surface area (Å²) in [6, 6.07) is 16.1. The molecular formula is C23H29ClN2O3. The van der Waals surface area contributed by atoms with Crippen molar-refractivity contribution < 1.29 is 14.3 Å². The molecule has 0 aliphatic rings. The molecule has 0 saturated carbocycles. The van der Waals surface area contributed by atoms with E-state index >= 15 is 0 Å². The fourth-order valence-electron chi connectivity index (χ4n) is 2.92. The van der Waals surface area contributed by atoms with Gasteiger partial charge in [0, 0.05) is 12.6 Å². The summed E-state index contributed by atoms with van der Waals surface area (Å²) in [5, 5.41) is 3.43. The number of para-hydroxylation sites is 1. The van der Waals surface area contributed by atoms with Crippen LogP contribution in [0.1, 0.15) is 39.2 Å². The number of rotatable bonds is 10. The molecule has 0 fully saturated rings. The van der Waals surface area contributed by atoms with Gasteiger partial charge in [-0.25, -0.2) is 0 Å². The van der Waals surface area contributed by atoms with Gasteiger partial charge in [-0.3, -0.25) is 9.59 Å². The number of nitrogens with zero attached hydrogens (tertiary/aromatic N) is 1. The molecule has 156 valence electrons. The second-order valence-electron chi connectivity index (χ2n) is 6.97. The first-order valence-electron chi connectivity index (χ1n) is 9.97. The summed E-state index contributed by atoms with van der Waals surface area (Å²) in [7, 11) is 0. The highest BCUT2D eigenvalue weighted by Crippen LogP contribution is 2.23. The Morgan fingerprint density at radius 2 is 1.69 bits per heavy atom. The standard InChI is InChI=1S/C23H29ClN2O3/c1-4-17(3)25-23(28)20(5-2)26(15-18-11-7-6-8-12-18)22(27)16-29-21-14-10-9-13-19(21)24/h6-14,17,20H,4-5,15-16H2,1-3H3,(H,25,28)/t17-,20-/m1/s1. The number of benzene rings is 2. The van der Waals surface area contributed by atoms with Crippen molar-refractivity contribution in [2.24, 2.45) is 0 Å². The highest BCUT2D eigenvalue weighted by Gasteiger charge is 2.29. The molecule has 6 heteroatoms. The molecular weight excluding hydrogens is 388 g/mol. The third kappa shape index (κ3) is 6.79. The summed E-state index contributed by atoms with van der Waals surface area (Å²) in [6.07, 6.45) is 1.33. The van der Waals surface area contributed by atoms with E-state index in [0.717, 1.165) is 12.0 Å². The fraction of sp³-hybridized carbons (Fsp3) is 0.391. The van der Waals surface area contributed by atoms with Crippen LogP contribution in [-0.4, -0.2) is 35.4 Å². The topological polar surface area (TPSA) is 58.6 Å². The van der Waals surface area contributed by atoms with Crippen LogP contribution < -0.4 is 10.1 Å². The number of nitrogens with one attached hydrogen (secondary N) is 1. The normalized spacial score (nSPS) is 12.7. The van der Waals surface area contributed by atoms with E-state index < -0.39 is 6.04 Å². The summed E-state index contributed by atoms with van der Waals surface area (Å²) in [5.74, 6) is 0.0306. The van der Waals surface area contributed by atoms with Crippen molar-refractivity contribution in [3.8, 4) is 5.75 Å². The molecule has 5 nitrogen and oxygen atoms in total. The first-order valence-corrected chi connectivity index (χ1v) is 10.3. The van der Waals surface area contributed by atoms with Crippen LogP contribution in [0, 0.1) is 0 Å². The van der Waals surface area contributed by atoms with Crippen LogP contribution >= 0.6 is 11.6 Å². The fourth-order valence-corrected chi connectivity index (χ4v) is 3.12. The summed E-state index contributed by atoms with van der Waals surface area (Å²) in [6.45, 7) is 6.01. The Morgan fingerprint density at radius 3 is 2.31 bits per heavy atom. The van der Waals surface area contributed by atoms with Crippen LogP contribution in [0.25, 0.3) is 0 Å². The Morgan fingerprint density at radius 1 is 1.03 bits per heavy atom. The first kappa shape index (κ1) is 22.8. The van der Waals surface area contributed by atoms with Gasteiger partial charge in [-0.05, 0) is 37.5 Å². The van der Waals surface area contributed by atoms with E-state index in [-0.39, 0.29) is 24.5 Å². The monoisotopic (exact) mass is 416 g/mol. The summed E-state index contributed by atoms with van der Waals surface area (Å²) in [4.78, 5) is 27.5. The minimum Gasteiger partial charge on any atom is -0.482 e. The maximum absolute atomic E-state index is 13.1. The van der Waals surface area contributed by atoms with Gasteiger partial charge >= 0.3 is 0 Å². The van der Waals surface area contributed by atoms with Gasteiger partial charge in [0.05, 0.1) is 5.02 Å². The van der Waals surface area contributed by atoms with Gasteiger partial charge in [0.15, 0.2) is 6.61 Å². The van der Waals surface area contributed by atoms with E-state index in [1.54, 1.807) is 29.2 Å². The third-order valence-corrected chi connectivity index (χ3v) is 5.08. The van der Waals surface area contributed by atoms with E-state index in [1.807, 2.05) is 51.1 Å². The van der Waals surface area contributed by atoms with Gasteiger partial charge in [0.1, 0.15) is 11.8 Å². The molecule has 0 radical (unpaired) electrons. The molecule has 0 spiro atoms. The van der Waals surface area contributed by atoms with Crippen LogP contribution in [0.2, 0.25) is 5.02 Å². The predicted molar refractivity (Wildman–Crippen MR) is 116 cm³/mol. The maximum Gasteiger partial charge on any atom is 0.261 e. The third-order valence-electron chi connectivity index (χ3n) is 4.77. The maximum atomic E-state index is 13.1. The van der Waals surface area contributed by atoms with Crippen molar-refractivity contribution >= 4 is 23.4 Å². The zero-order valence-corrected chi connectivity index (χ0v) is 18.0. The van der Waals surface area contributed by atoms with Gasteiger partial charge in [0.2, 0.25) is 5.91 Å². The number of hydrogen-bond donors (Lipinski definition) is 1. The molecule has 2 aromatic rings. The van der Waals surface area contributed by atoms with Crippen molar-refractivity contribution in [2.75, 3.05) is 6.61 Å². The van der Waals surface area contributed by atoms with Gasteiger partial charge in [-0.15, -0.1) is 0 Å².